The lowest BCUT2D eigenvalue weighted by Gasteiger charge is -2.19. The molecular formula is C10H15NO3. The second kappa shape index (κ2) is 4.17. The van der Waals surface area contributed by atoms with Gasteiger partial charge in [-0.25, -0.2) is 4.79 Å². The highest BCUT2D eigenvalue weighted by atomic mass is 16.6. The Morgan fingerprint density at radius 2 is 2.29 bits per heavy atom. The lowest BCUT2D eigenvalue weighted by atomic mass is 10.2. The lowest BCUT2D eigenvalue weighted by Crippen LogP contribution is -2.32. The minimum atomic E-state index is -0.458. The van der Waals surface area contributed by atoms with Crippen LogP contribution in [-0.4, -0.2) is 11.7 Å². The van der Waals surface area contributed by atoms with Crippen LogP contribution in [0.5, 0.6) is 0 Å². The van der Waals surface area contributed by atoms with Crippen molar-refractivity contribution >= 4 is 6.09 Å². The van der Waals surface area contributed by atoms with Crippen LogP contribution < -0.4 is 5.32 Å². The Morgan fingerprint density at radius 1 is 1.57 bits per heavy atom. The molecule has 0 bridgehead atoms. The fourth-order valence-corrected chi connectivity index (χ4v) is 0.882. The van der Waals surface area contributed by atoms with Crippen molar-refractivity contribution in [3.63, 3.8) is 0 Å². The van der Waals surface area contributed by atoms with Gasteiger partial charge in [0.05, 0.1) is 12.5 Å². The summed E-state index contributed by atoms with van der Waals surface area (Å²) >= 11 is 0. The number of carbonyl (C=O) groups is 1. The van der Waals surface area contributed by atoms with Gasteiger partial charge in [0.25, 0.3) is 0 Å². The maximum atomic E-state index is 11.2. The van der Waals surface area contributed by atoms with E-state index < -0.39 is 11.7 Å². The molecule has 0 aliphatic heterocycles. The van der Waals surface area contributed by atoms with Gasteiger partial charge >= 0.3 is 6.09 Å². The zero-order valence-corrected chi connectivity index (χ0v) is 8.66. The third-order valence-corrected chi connectivity index (χ3v) is 1.42. The molecule has 0 atom stereocenters. The summed E-state index contributed by atoms with van der Waals surface area (Å²) in [6, 6.07) is 1.79. The van der Waals surface area contributed by atoms with Gasteiger partial charge in [0.2, 0.25) is 0 Å². The van der Waals surface area contributed by atoms with Gasteiger partial charge in [-0.2, -0.15) is 0 Å². The largest absolute Gasteiger partial charge is 0.472 e. The van der Waals surface area contributed by atoms with Crippen molar-refractivity contribution in [2.45, 2.75) is 32.9 Å². The number of ether oxygens (including phenoxy) is 1. The zero-order valence-electron chi connectivity index (χ0n) is 8.66. The van der Waals surface area contributed by atoms with Crippen LogP contribution >= 0.6 is 0 Å². The molecule has 0 aromatic carbocycles. The van der Waals surface area contributed by atoms with Gasteiger partial charge in [-0.3, -0.25) is 0 Å². The normalized spacial score (nSPS) is 11.1. The van der Waals surface area contributed by atoms with Crippen molar-refractivity contribution in [1.29, 1.82) is 0 Å². The highest BCUT2D eigenvalue weighted by molar-refractivity contribution is 5.67. The Balaban J connectivity index is 2.29. The molecular weight excluding hydrogens is 182 g/mol. The topological polar surface area (TPSA) is 51.5 Å². The van der Waals surface area contributed by atoms with Gasteiger partial charge in [0.15, 0.2) is 0 Å². The number of amides is 1. The molecule has 0 aliphatic rings. The molecule has 0 aliphatic carbocycles. The quantitative estimate of drug-likeness (QED) is 0.791. The Bertz CT molecular complexity index is 285. The van der Waals surface area contributed by atoms with Crippen molar-refractivity contribution in [3.05, 3.63) is 24.2 Å². The molecule has 4 heteroatoms. The van der Waals surface area contributed by atoms with Crippen molar-refractivity contribution < 1.29 is 13.9 Å². The van der Waals surface area contributed by atoms with Crippen molar-refractivity contribution in [3.8, 4) is 0 Å². The van der Waals surface area contributed by atoms with E-state index in [1.54, 1.807) is 18.6 Å². The van der Waals surface area contributed by atoms with E-state index in [2.05, 4.69) is 5.32 Å². The van der Waals surface area contributed by atoms with E-state index in [9.17, 15) is 4.79 Å². The van der Waals surface area contributed by atoms with Crippen molar-refractivity contribution in [2.24, 2.45) is 0 Å². The first-order valence-corrected chi connectivity index (χ1v) is 4.45. The molecule has 0 saturated carbocycles. The summed E-state index contributed by atoms with van der Waals surface area (Å²) in [5.74, 6) is 0. The summed E-state index contributed by atoms with van der Waals surface area (Å²) in [6.07, 6.45) is 2.72. The van der Waals surface area contributed by atoms with E-state index in [-0.39, 0.29) is 0 Å². The van der Waals surface area contributed by atoms with E-state index in [1.165, 1.54) is 0 Å². The number of furan rings is 1. The molecule has 78 valence electrons. The Labute approximate surface area is 83.2 Å². The molecule has 1 amide bonds. The molecule has 1 rings (SSSR count). The summed E-state index contributed by atoms with van der Waals surface area (Å²) in [6.45, 7) is 5.89. The molecule has 1 heterocycles. The van der Waals surface area contributed by atoms with Gasteiger partial charge in [-0.15, -0.1) is 0 Å². The number of nitrogens with one attached hydrogen (secondary N) is 1. The number of hydrogen-bond donors (Lipinski definition) is 1. The molecule has 0 radical (unpaired) electrons. The maximum absolute atomic E-state index is 11.2. The predicted octanol–water partition coefficient (Wildman–Crippen LogP) is 2.30. The monoisotopic (exact) mass is 197 g/mol. The van der Waals surface area contributed by atoms with Crippen LogP contribution in [0.3, 0.4) is 0 Å². The predicted molar refractivity (Wildman–Crippen MR) is 51.8 cm³/mol. The van der Waals surface area contributed by atoms with Crippen LogP contribution in [0.4, 0.5) is 4.79 Å². The molecule has 1 aromatic heterocycles. The smallest absolute Gasteiger partial charge is 0.407 e. The van der Waals surface area contributed by atoms with Gasteiger partial charge in [-0.05, 0) is 26.8 Å². The molecule has 4 nitrogen and oxygen atoms in total. The standard InChI is InChI=1S/C10H15NO3/c1-10(2,3)14-9(12)11-6-8-4-5-13-7-8/h4-5,7H,6H2,1-3H3,(H,11,12). The van der Waals surface area contributed by atoms with Gasteiger partial charge in [-0.1, -0.05) is 0 Å². The third-order valence-electron chi connectivity index (χ3n) is 1.42. The lowest BCUT2D eigenvalue weighted by molar-refractivity contribution is 0.0523. The first-order valence-electron chi connectivity index (χ1n) is 4.45. The van der Waals surface area contributed by atoms with E-state index in [4.69, 9.17) is 9.15 Å². The second-order valence-corrected chi connectivity index (χ2v) is 3.99. The number of alkyl carbamates (subject to hydrolysis) is 1. The Kier molecular flexibility index (Phi) is 3.17. The molecule has 0 spiro atoms. The second-order valence-electron chi connectivity index (χ2n) is 3.99. The number of rotatable bonds is 2. The summed E-state index contributed by atoms with van der Waals surface area (Å²) in [4.78, 5) is 11.2. The Morgan fingerprint density at radius 3 is 2.79 bits per heavy atom. The SMILES string of the molecule is CC(C)(C)OC(=O)NCc1ccoc1. The maximum Gasteiger partial charge on any atom is 0.407 e. The average molecular weight is 197 g/mol. The zero-order chi connectivity index (χ0) is 10.6. The van der Waals surface area contributed by atoms with E-state index in [0.717, 1.165) is 5.56 Å². The fraction of sp³-hybridized carbons (Fsp3) is 0.500. The van der Waals surface area contributed by atoms with E-state index in [0.29, 0.717) is 6.54 Å². The summed E-state index contributed by atoms with van der Waals surface area (Å²) in [5, 5.41) is 2.62. The molecule has 0 saturated heterocycles. The third kappa shape index (κ3) is 3.98. The van der Waals surface area contributed by atoms with Gasteiger partial charge in [0.1, 0.15) is 5.60 Å². The number of carbonyl (C=O) groups excluding carboxylic acids is 1. The highest BCUT2D eigenvalue weighted by Crippen LogP contribution is 2.07. The van der Waals surface area contributed by atoms with Crippen LogP contribution in [0, 0.1) is 0 Å². The molecule has 1 N–H and O–H groups in total. The summed E-state index contributed by atoms with van der Waals surface area (Å²) in [7, 11) is 0. The molecule has 14 heavy (non-hydrogen) atoms. The molecule has 0 unspecified atom stereocenters. The molecule has 0 fully saturated rings. The van der Waals surface area contributed by atoms with E-state index >= 15 is 0 Å². The minimum Gasteiger partial charge on any atom is -0.472 e. The van der Waals surface area contributed by atoms with Crippen LogP contribution in [0.25, 0.3) is 0 Å². The van der Waals surface area contributed by atoms with Crippen LogP contribution in [-0.2, 0) is 11.3 Å². The van der Waals surface area contributed by atoms with Gasteiger partial charge in [0, 0.05) is 12.1 Å². The molecule has 1 aromatic rings. The van der Waals surface area contributed by atoms with Crippen molar-refractivity contribution in [2.75, 3.05) is 0 Å². The first-order chi connectivity index (χ1) is 6.47. The van der Waals surface area contributed by atoms with Crippen LogP contribution in [0.15, 0.2) is 23.0 Å². The average Bonchev–Trinajstić information content (AvgIpc) is 2.49. The van der Waals surface area contributed by atoms with E-state index in [1.807, 2.05) is 20.8 Å². The fourth-order valence-electron chi connectivity index (χ4n) is 0.882. The Hall–Kier alpha value is -1.45. The van der Waals surface area contributed by atoms with Crippen molar-refractivity contribution in [1.82, 2.24) is 5.32 Å². The number of hydrogen-bond acceptors (Lipinski definition) is 3. The van der Waals surface area contributed by atoms with Gasteiger partial charge < -0.3 is 14.5 Å². The van der Waals surface area contributed by atoms with Crippen LogP contribution in [0.2, 0.25) is 0 Å². The first kappa shape index (κ1) is 10.6. The minimum absolute atomic E-state index is 0.418. The van der Waals surface area contributed by atoms with Crippen LogP contribution in [0.1, 0.15) is 26.3 Å². The highest BCUT2D eigenvalue weighted by Gasteiger charge is 2.15. The summed E-state index contributed by atoms with van der Waals surface area (Å²) in [5.41, 5.74) is 0.455. The summed E-state index contributed by atoms with van der Waals surface area (Å²) < 4.78 is 9.91.